The van der Waals surface area contributed by atoms with E-state index in [1.54, 1.807) is 24.3 Å². The highest BCUT2D eigenvalue weighted by Crippen LogP contribution is 2.52. The summed E-state index contributed by atoms with van der Waals surface area (Å²) in [6.07, 6.45) is 8.82. The quantitative estimate of drug-likeness (QED) is 0.151. The van der Waals surface area contributed by atoms with E-state index in [9.17, 15) is 29.4 Å². The Labute approximate surface area is 254 Å². The Balaban J connectivity index is 1.36. The van der Waals surface area contributed by atoms with Gasteiger partial charge < -0.3 is 19.7 Å². The number of esters is 2. The maximum atomic E-state index is 13.8. The Kier molecular flexibility index (Phi) is 6.46. The van der Waals surface area contributed by atoms with Crippen molar-refractivity contribution in [1.82, 2.24) is 0 Å². The molecule has 2 N–H and O–H groups in total. The zero-order chi connectivity index (χ0) is 31.1. The highest BCUT2D eigenvalue weighted by atomic mass is 16.5. The number of allylic oxidation sites excluding steroid dienone is 4. The number of carbonyl (C=O) groups is 4. The first-order chi connectivity index (χ1) is 20.9. The first kappa shape index (κ1) is 28.3. The first-order valence-electron chi connectivity index (χ1n) is 15.2. The SMILES string of the molecule is CC(C)(C)c1ccc2c(OC(=O)C3C4C=CC(C4)C3C(=O)O)c3ccccc3c(OC(=O)C3C4C=CC(C4)C3C(=O)O)c2c1. The van der Waals surface area contributed by atoms with Gasteiger partial charge in [0.2, 0.25) is 0 Å². The summed E-state index contributed by atoms with van der Waals surface area (Å²) in [4.78, 5) is 51.9. The van der Waals surface area contributed by atoms with E-state index < -0.39 is 47.5 Å². The van der Waals surface area contributed by atoms with Gasteiger partial charge in [-0.3, -0.25) is 19.2 Å². The molecule has 3 aromatic carbocycles. The van der Waals surface area contributed by atoms with Crippen LogP contribution in [-0.4, -0.2) is 34.1 Å². The van der Waals surface area contributed by atoms with Crippen LogP contribution in [0.25, 0.3) is 21.5 Å². The highest BCUT2D eigenvalue weighted by molar-refractivity contribution is 6.13. The van der Waals surface area contributed by atoms with Gasteiger partial charge in [0.15, 0.2) is 0 Å². The molecule has 2 saturated carbocycles. The second-order valence-corrected chi connectivity index (χ2v) is 13.7. The lowest BCUT2D eigenvalue weighted by atomic mass is 9.83. The van der Waals surface area contributed by atoms with Gasteiger partial charge in [-0.05, 0) is 53.6 Å². The zero-order valence-corrected chi connectivity index (χ0v) is 24.7. The number of fused-ring (bicyclic) bond motifs is 6. The summed E-state index contributed by atoms with van der Waals surface area (Å²) in [6, 6.07) is 12.9. The minimum absolute atomic E-state index is 0.197. The Morgan fingerprint density at radius 1 is 0.614 bits per heavy atom. The molecule has 4 aliphatic rings. The average Bonchev–Trinajstić information content (AvgIpc) is 3.79. The predicted octanol–water partition coefficient (Wildman–Crippen LogP) is 6.15. The molecule has 8 atom stereocenters. The van der Waals surface area contributed by atoms with Crippen LogP contribution in [0, 0.1) is 47.3 Å². The van der Waals surface area contributed by atoms with Crippen molar-refractivity contribution in [3.05, 3.63) is 72.3 Å². The van der Waals surface area contributed by atoms with Crippen LogP contribution < -0.4 is 9.47 Å². The fraction of sp³-hybridized carbons (Fsp3) is 0.389. The molecule has 2 fully saturated rings. The van der Waals surface area contributed by atoms with Gasteiger partial charge in [-0.2, -0.15) is 0 Å². The van der Waals surface area contributed by atoms with Crippen molar-refractivity contribution in [2.24, 2.45) is 47.3 Å². The van der Waals surface area contributed by atoms with Crippen LogP contribution >= 0.6 is 0 Å². The largest absolute Gasteiger partial charge is 0.481 e. The van der Waals surface area contributed by atoms with Crippen molar-refractivity contribution in [1.29, 1.82) is 0 Å². The molecule has 4 aliphatic carbocycles. The number of ether oxygens (including phenoxy) is 2. The minimum Gasteiger partial charge on any atom is -0.481 e. The number of aliphatic carboxylic acids is 2. The van der Waals surface area contributed by atoms with E-state index in [0.29, 0.717) is 34.4 Å². The Hall–Kier alpha value is -4.46. The average molecular weight is 595 g/mol. The van der Waals surface area contributed by atoms with Gasteiger partial charge in [0.1, 0.15) is 11.5 Å². The maximum Gasteiger partial charge on any atom is 0.315 e. The third-order valence-corrected chi connectivity index (χ3v) is 10.2. The second-order valence-electron chi connectivity index (χ2n) is 13.7. The molecule has 44 heavy (non-hydrogen) atoms. The van der Waals surface area contributed by atoms with Crippen LogP contribution in [0.3, 0.4) is 0 Å². The Morgan fingerprint density at radius 3 is 1.45 bits per heavy atom. The molecule has 3 aromatic rings. The van der Waals surface area contributed by atoms with Gasteiger partial charge in [-0.1, -0.05) is 81.5 Å². The standard InChI is InChI=1S/C36H34O8/c1-36(2,3)21-12-13-24-25(16-21)31(44-35(42)29-20-11-9-18(15-20)27(29)33(39)40)23-7-5-4-6-22(23)30(24)43-34(41)28-19-10-8-17(14-19)26(28)32(37)38/h4-13,16-20,26-29H,14-15H2,1-3H3,(H,37,38)(H,39,40). The summed E-state index contributed by atoms with van der Waals surface area (Å²) < 4.78 is 12.4. The van der Waals surface area contributed by atoms with E-state index in [1.165, 1.54) is 0 Å². The molecule has 0 radical (unpaired) electrons. The lowest BCUT2D eigenvalue weighted by Crippen LogP contribution is -2.35. The number of carboxylic acids is 2. The van der Waals surface area contributed by atoms with Crippen molar-refractivity contribution in [3.63, 3.8) is 0 Å². The molecular formula is C36H34O8. The fourth-order valence-corrected chi connectivity index (χ4v) is 8.08. The lowest BCUT2D eigenvalue weighted by molar-refractivity contribution is -0.152. The third-order valence-electron chi connectivity index (χ3n) is 10.2. The van der Waals surface area contributed by atoms with E-state index in [-0.39, 0.29) is 40.6 Å². The topological polar surface area (TPSA) is 127 Å². The summed E-state index contributed by atoms with van der Waals surface area (Å²) >= 11 is 0. The van der Waals surface area contributed by atoms with Crippen LogP contribution in [0.2, 0.25) is 0 Å². The van der Waals surface area contributed by atoms with Crippen LogP contribution in [-0.2, 0) is 24.6 Å². The number of carbonyl (C=O) groups excluding carboxylic acids is 2. The summed E-state index contributed by atoms with van der Waals surface area (Å²) in [5.74, 6) is -6.74. The predicted molar refractivity (Wildman–Crippen MR) is 162 cm³/mol. The van der Waals surface area contributed by atoms with E-state index >= 15 is 0 Å². The Bertz CT molecular complexity index is 1810. The zero-order valence-electron chi connectivity index (χ0n) is 24.7. The summed E-state index contributed by atoms with van der Waals surface area (Å²) in [7, 11) is 0. The fourth-order valence-electron chi connectivity index (χ4n) is 8.08. The molecule has 0 aliphatic heterocycles. The van der Waals surface area contributed by atoms with E-state index in [2.05, 4.69) is 20.8 Å². The monoisotopic (exact) mass is 594 g/mol. The van der Waals surface area contributed by atoms with Gasteiger partial charge in [0.25, 0.3) is 0 Å². The normalized spacial score (nSPS) is 29.9. The number of rotatable bonds is 6. The number of hydrogen-bond donors (Lipinski definition) is 2. The lowest BCUT2D eigenvalue weighted by Gasteiger charge is -2.26. The maximum absolute atomic E-state index is 13.8. The van der Waals surface area contributed by atoms with Gasteiger partial charge >= 0.3 is 23.9 Å². The third kappa shape index (κ3) is 4.33. The molecule has 0 spiro atoms. The smallest absolute Gasteiger partial charge is 0.315 e. The van der Waals surface area contributed by atoms with Crippen molar-refractivity contribution < 1.29 is 38.9 Å². The minimum atomic E-state index is -1.01. The second kappa shape index (κ2) is 10.0. The van der Waals surface area contributed by atoms with Crippen molar-refractivity contribution in [2.75, 3.05) is 0 Å². The molecule has 8 heteroatoms. The molecule has 226 valence electrons. The molecule has 7 rings (SSSR count). The van der Waals surface area contributed by atoms with E-state index in [4.69, 9.17) is 9.47 Å². The molecule has 0 heterocycles. The van der Waals surface area contributed by atoms with Gasteiger partial charge in [-0.15, -0.1) is 0 Å². The summed E-state index contributed by atoms with van der Waals surface area (Å²) in [5.41, 5.74) is 0.705. The van der Waals surface area contributed by atoms with Crippen LogP contribution in [0.5, 0.6) is 11.5 Å². The number of carboxylic acid groups (broad SMARTS) is 2. The van der Waals surface area contributed by atoms with Crippen LogP contribution in [0.1, 0.15) is 39.2 Å². The first-order valence-corrected chi connectivity index (χ1v) is 15.2. The molecule has 0 saturated heterocycles. The summed E-state index contributed by atoms with van der Waals surface area (Å²) in [6.45, 7) is 6.20. The van der Waals surface area contributed by atoms with E-state index in [1.807, 2.05) is 42.5 Å². The molecule has 0 aromatic heterocycles. The highest BCUT2D eigenvalue weighted by Gasteiger charge is 2.54. The summed E-state index contributed by atoms with van der Waals surface area (Å²) in [5, 5.41) is 22.1. The van der Waals surface area contributed by atoms with Crippen molar-refractivity contribution in [2.45, 2.75) is 39.0 Å². The Morgan fingerprint density at radius 2 is 1.02 bits per heavy atom. The molecule has 8 unspecified atom stereocenters. The van der Waals surface area contributed by atoms with Gasteiger partial charge in [-0.25, -0.2) is 0 Å². The number of benzene rings is 3. The van der Waals surface area contributed by atoms with Gasteiger partial charge in [0, 0.05) is 21.5 Å². The molecule has 4 bridgehead atoms. The number of hydrogen-bond acceptors (Lipinski definition) is 6. The molecule has 8 nitrogen and oxygen atoms in total. The van der Waals surface area contributed by atoms with Crippen LogP contribution in [0.15, 0.2) is 66.8 Å². The molecular weight excluding hydrogens is 560 g/mol. The van der Waals surface area contributed by atoms with Crippen LogP contribution in [0.4, 0.5) is 0 Å². The molecule has 0 amide bonds. The van der Waals surface area contributed by atoms with Crippen molar-refractivity contribution >= 4 is 45.4 Å². The van der Waals surface area contributed by atoms with E-state index in [0.717, 1.165) is 5.56 Å². The van der Waals surface area contributed by atoms with Gasteiger partial charge in [0.05, 0.1) is 23.7 Å². The van der Waals surface area contributed by atoms with Crippen molar-refractivity contribution in [3.8, 4) is 11.5 Å².